The minimum Gasteiger partial charge on any atom is -0.358 e. The van der Waals surface area contributed by atoms with Crippen molar-refractivity contribution in [2.45, 2.75) is 18.9 Å². The topological polar surface area (TPSA) is 59.3 Å². The van der Waals surface area contributed by atoms with Gasteiger partial charge in [-0.1, -0.05) is 0 Å². The minimum absolute atomic E-state index is 0.121. The average Bonchev–Trinajstić information content (AvgIpc) is 2.63. The van der Waals surface area contributed by atoms with Crippen LogP contribution >= 0.6 is 15.9 Å². The number of rotatable bonds is 2. The average molecular weight is 286 g/mol. The summed E-state index contributed by atoms with van der Waals surface area (Å²) in [5, 5.41) is 10.6. The van der Waals surface area contributed by atoms with Gasteiger partial charge in [0.15, 0.2) is 0 Å². The van der Waals surface area contributed by atoms with E-state index in [1.54, 1.807) is 12.3 Å². The summed E-state index contributed by atoms with van der Waals surface area (Å²) in [6, 6.07) is 2.14. The number of hydrogen-bond acceptors (Lipinski definition) is 4. The molecule has 1 aliphatic rings. The standard InChI is InChI=1S/C10H12BrN3O2/c1-13-4-2-3-9(13)7-5-8(11)10(12-6-7)14(15)16/h5-6,9H,2-4H2,1H3. The van der Waals surface area contributed by atoms with Crippen LogP contribution in [-0.2, 0) is 0 Å². The van der Waals surface area contributed by atoms with Crippen LogP contribution in [0, 0.1) is 10.1 Å². The highest BCUT2D eigenvalue weighted by Gasteiger charge is 2.25. The highest BCUT2D eigenvalue weighted by Crippen LogP contribution is 2.33. The van der Waals surface area contributed by atoms with Crippen LogP contribution in [0.25, 0.3) is 0 Å². The molecule has 5 nitrogen and oxygen atoms in total. The van der Waals surface area contributed by atoms with E-state index in [2.05, 4.69) is 32.9 Å². The lowest BCUT2D eigenvalue weighted by atomic mass is 10.1. The van der Waals surface area contributed by atoms with Gasteiger partial charge >= 0.3 is 5.82 Å². The van der Waals surface area contributed by atoms with Gasteiger partial charge in [-0.15, -0.1) is 0 Å². The zero-order valence-electron chi connectivity index (χ0n) is 8.89. The second-order valence-electron chi connectivity index (χ2n) is 3.97. The Morgan fingerprint density at radius 3 is 2.94 bits per heavy atom. The third-order valence-electron chi connectivity index (χ3n) is 2.92. The molecule has 0 amide bonds. The number of nitro groups is 1. The number of halogens is 1. The molecule has 0 aromatic carbocycles. The van der Waals surface area contributed by atoms with Crippen LogP contribution in [0.1, 0.15) is 24.4 Å². The van der Waals surface area contributed by atoms with Gasteiger partial charge in [-0.25, -0.2) is 0 Å². The summed E-state index contributed by atoms with van der Waals surface area (Å²) < 4.78 is 0.454. The Morgan fingerprint density at radius 1 is 1.69 bits per heavy atom. The lowest BCUT2D eigenvalue weighted by Gasteiger charge is -2.18. The van der Waals surface area contributed by atoms with E-state index in [1.165, 1.54) is 0 Å². The number of nitrogens with zero attached hydrogens (tertiary/aromatic N) is 3. The normalized spacial score (nSPS) is 21.2. The van der Waals surface area contributed by atoms with E-state index in [-0.39, 0.29) is 5.82 Å². The van der Waals surface area contributed by atoms with E-state index < -0.39 is 4.92 Å². The van der Waals surface area contributed by atoms with Crippen LogP contribution in [0.4, 0.5) is 5.82 Å². The van der Waals surface area contributed by atoms with Crippen molar-refractivity contribution in [1.82, 2.24) is 9.88 Å². The smallest absolute Gasteiger partial charge is 0.358 e. The molecule has 0 bridgehead atoms. The maximum atomic E-state index is 10.6. The molecule has 2 rings (SSSR count). The van der Waals surface area contributed by atoms with Gasteiger partial charge in [-0.3, -0.25) is 4.90 Å². The van der Waals surface area contributed by atoms with Crippen molar-refractivity contribution in [3.05, 3.63) is 32.4 Å². The zero-order chi connectivity index (χ0) is 11.7. The molecular weight excluding hydrogens is 274 g/mol. The van der Waals surface area contributed by atoms with Gasteiger partial charge in [0.05, 0.1) is 0 Å². The molecule has 1 saturated heterocycles. The van der Waals surface area contributed by atoms with Crippen LogP contribution < -0.4 is 0 Å². The summed E-state index contributed by atoms with van der Waals surface area (Å²) in [4.78, 5) is 16.3. The predicted octanol–water partition coefficient (Wildman–Crippen LogP) is 2.52. The second-order valence-corrected chi connectivity index (χ2v) is 4.82. The first-order valence-corrected chi connectivity index (χ1v) is 5.89. The summed E-state index contributed by atoms with van der Waals surface area (Å²) in [5.41, 5.74) is 1.04. The Kier molecular flexibility index (Phi) is 3.20. The predicted molar refractivity (Wildman–Crippen MR) is 63.2 cm³/mol. The fourth-order valence-corrected chi connectivity index (χ4v) is 2.60. The highest BCUT2D eigenvalue weighted by molar-refractivity contribution is 9.10. The van der Waals surface area contributed by atoms with Crippen LogP contribution in [0.3, 0.4) is 0 Å². The summed E-state index contributed by atoms with van der Waals surface area (Å²) in [5.74, 6) is -0.121. The monoisotopic (exact) mass is 285 g/mol. The fourth-order valence-electron chi connectivity index (χ4n) is 2.09. The van der Waals surface area contributed by atoms with E-state index in [9.17, 15) is 10.1 Å². The first kappa shape index (κ1) is 11.5. The largest absolute Gasteiger partial charge is 0.377 e. The van der Waals surface area contributed by atoms with Crippen molar-refractivity contribution < 1.29 is 4.92 Å². The first-order valence-electron chi connectivity index (χ1n) is 5.09. The Hall–Kier alpha value is -1.01. The van der Waals surface area contributed by atoms with E-state index in [0.717, 1.165) is 24.9 Å². The summed E-state index contributed by atoms with van der Waals surface area (Å²) in [7, 11) is 2.06. The molecule has 2 heterocycles. The van der Waals surface area contributed by atoms with Crippen molar-refractivity contribution in [1.29, 1.82) is 0 Å². The Labute approximate surface area is 102 Å². The molecular formula is C10H12BrN3O2. The summed E-state index contributed by atoms with van der Waals surface area (Å²) in [6.45, 7) is 1.07. The molecule has 1 aliphatic heterocycles. The molecule has 16 heavy (non-hydrogen) atoms. The van der Waals surface area contributed by atoms with Crippen LogP contribution in [0.15, 0.2) is 16.7 Å². The van der Waals surface area contributed by atoms with Gasteiger partial charge in [0.1, 0.15) is 10.7 Å². The van der Waals surface area contributed by atoms with E-state index in [0.29, 0.717) is 10.5 Å². The second kappa shape index (κ2) is 4.47. The van der Waals surface area contributed by atoms with E-state index >= 15 is 0 Å². The third-order valence-corrected chi connectivity index (χ3v) is 3.50. The molecule has 1 atom stereocenters. The third kappa shape index (κ3) is 2.08. The Bertz CT molecular complexity index is 425. The molecule has 1 aromatic rings. The molecule has 0 radical (unpaired) electrons. The van der Waals surface area contributed by atoms with Gasteiger partial charge < -0.3 is 10.1 Å². The molecule has 0 spiro atoms. The maximum absolute atomic E-state index is 10.6. The maximum Gasteiger partial charge on any atom is 0.377 e. The lowest BCUT2D eigenvalue weighted by Crippen LogP contribution is -2.17. The number of hydrogen-bond donors (Lipinski definition) is 0. The van der Waals surface area contributed by atoms with Gasteiger partial charge in [0, 0.05) is 11.6 Å². The number of likely N-dealkylation sites (tertiary alicyclic amines) is 1. The Balaban J connectivity index is 2.30. The molecule has 6 heteroatoms. The van der Waals surface area contributed by atoms with Crippen molar-refractivity contribution in [3.8, 4) is 0 Å². The van der Waals surface area contributed by atoms with Gasteiger partial charge in [-0.2, -0.15) is 0 Å². The first-order chi connectivity index (χ1) is 7.59. The number of pyridine rings is 1. The minimum atomic E-state index is -0.480. The molecule has 1 fully saturated rings. The fraction of sp³-hybridized carbons (Fsp3) is 0.500. The molecule has 0 saturated carbocycles. The molecule has 0 aliphatic carbocycles. The van der Waals surface area contributed by atoms with Crippen LogP contribution in [0.5, 0.6) is 0 Å². The summed E-state index contributed by atoms with van der Waals surface area (Å²) in [6.07, 6.45) is 3.85. The zero-order valence-corrected chi connectivity index (χ0v) is 10.5. The Morgan fingerprint density at radius 2 is 2.44 bits per heavy atom. The van der Waals surface area contributed by atoms with Gasteiger partial charge in [0.25, 0.3) is 0 Å². The summed E-state index contributed by atoms with van der Waals surface area (Å²) >= 11 is 3.19. The van der Waals surface area contributed by atoms with Crippen LogP contribution in [-0.4, -0.2) is 28.4 Å². The molecule has 86 valence electrons. The van der Waals surface area contributed by atoms with Gasteiger partial charge in [-0.05, 0) is 58.3 Å². The van der Waals surface area contributed by atoms with Crippen molar-refractivity contribution in [2.75, 3.05) is 13.6 Å². The molecule has 1 unspecified atom stereocenters. The SMILES string of the molecule is CN1CCCC1c1cnc([N+](=O)[O-])c(Br)c1. The molecule has 0 N–H and O–H groups in total. The van der Waals surface area contributed by atoms with Crippen molar-refractivity contribution in [3.63, 3.8) is 0 Å². The highest BCUT2D eigenvalue weighted by atomic mass is 79.9. The van der Waals surface area contributed by atoms with Crippen molar-refractivity contribution in [2.24, 2.45) is 0 Å². The quantitative estimate of drug-likeness (QED) is 0.619. The molecule has 1 aromatic heterocycles. The van der Waals surface area contributed by atoms with E-state index in [1.807, 2.05) is 0 Å². The van der Waals surface area contributed by atoms with E-state index in [4.69, 9.17) is 0 Å². The van der Waals surface area contributed by atoms with Crippen molar-refractivity contribution >= 4 is 21.7 Å². The van der Waals surface area contributed by atoms with Gasteiger partial charge in [0.2, 0.25) is 0 Å². The van der Waals surface area contributed by atoms with Crippen LogP contribution in [0.2, 0.25) is 0 Å². The lowest BCUT2D eigenvalue weighted by molar-refractivity contribution is -0.390. The number of aromatic nitrogens is 1.